The molecule has 2 heterocycles. The molecule has 0 bridgehead atoms. The van der Waals surface area contributed by atoms with Crippen LogP contribution in [0.2, 0.25) is 0 Å². The Morgan fingerprint density at radius 1 is 1.17 bits per heavy atom. The minimum atomic E-state index is -0.492. The topological polar surface area (TPSA) is 73.1 Å². The van der Waals surface area contributed by atoms with Crippen LogP contribution in [0.1, 0.15) is 24.9 Å². The fourth-order valence-corrected chi connectivity index (χ4v) is 2.66. The van der Waals surface area contributed by atoms with Crippen molar-refractivity contribution in [1.82, 2.24) is 19.5 Å². The summed E-state index contributed by atoms with van der Waals surface area (Å²) in [7, 11) is 1.55. The lowest BCUT2D eigenvalue weighted by Crippen LogP contribution is -2.22. The number of ether oxygens (including phenoxy) is 1. The molecule has 0 unspecified atom stereocenters. The average Bonchev–Trinajstić information content (AvgIpc) is 3.04. The van der Waals surface area contributed by atoms with Crippen LogP contribution in [0.25, 0.3) is 11.2 Å². The maximum atomic E-state index is 10.5. The number of nitrogens with zero attached hydrogens (tertiary/aromatic N) is 4. The van der Waals surface area contributed by atoms with Gasteiger partial charge in [-0.3, -0.25) is 0 Å². The zero-order valence-corrected chi connectivity index (χ0v) is 13.3. The van der Waals surface area contributed by atoms with Gasteiger partial charge in [0, 0.05) is 0 Å². The van der Waals surface area contributed by atoms with E-state index in [2.05, 4.69) is 27.1 Å². The summed E-state index contributed by atoms with van der Waals surface area (Å²) in [6.45, 7) is 1.96. The van der Waals surface area contributed by atoms with E-state index in [0.717, 1.165) is 6.42 Å². The van der Waals surface area contributed by atoms with Crippen molar-refractivity contribution in [1.29, 1.82) is 0 Å². The lowest BCUT2D eigenvalue weighted by Gasteiger charge is -2.20. The van der Waals surface area contributed by atoms with Gasteiger partial charge in [0.25, 0.3) is 0 Å². The first kappa shape index (κ1) is 15.4. The number of hydrogen-bond acceptors (Lipinski definition) is 5. The number of fused-ring (bicyclic) bond motifs is 1. The molecule has 0 aliphatic carbocycles. The summed E-state index contributed by atoms with van der Waals surface area (Å²) in [6, 6.07) is 10.0. The molecule has 6 heteroatoms. The number of aromatic nitrogens is 4. The third kappa shape index (κ3) is 3.17. The summed E-state index contributed by atoms with van der Waals surface area (Å²) in [5, 5.41) is 10.5. The summed E-state index contributed by atoms with van der Waals surface area (Å²) in [5.74, 6) is 0.444. The maximum absolute atomic E-state index is 10.5. The summed E-state index contributed by atoms with van der Waals surface area (Å²) < 4.78 is 7.07. The normalized spacial score (nSPS) is 13.9. The van der Waals surface area contributed by atoms with E-state index in [4.69, 9.17) is 4.74 Å². The molecule has 0 aliphatic heterocycles. The molecule has 0 spiro atoms. The predicted molar refractivity (Wildman–Crippen MR) is 87.4 cm³/mol. The van der Waals surface area contributed by atoms with Crippen molar-refractivity contribution in [3.8, 4) is 5.88 Å². The molecule has 2 aromatic heterocycles. The Kier molecular flexibility index (Phi) is 4.52. The monoisotopic (exact) mass is 312 g/mol. The zero-order chi connectivity index (χ0) is 16.2. The Morgan fingerprint density at radius 3 is 2.70 bits per heavy atom. The number of methoxy groups -OCH3 is 1. The van der Waals surface area contributed by atoms with Gasteiger partial charge in [0.05, 0.1) is 25.6 Å². The van der Waals surface area contributed by atoms with E-state index in [-0.39, 0.29) is 6.04 Å². The molecule has 1 N–H and O–H groups in total. The van der Waals surface area contributed by atoms with Gasteiger partial charge in [0.2, 0.25) is 5.88 Å². The standard InChI is InChI=1S/C17H20N4O2/c1-12(14(22)9-8-13-6-4-3-5-7-13)21-11-20-15-16(21)18-10-19-17(15)23-2/h3-7,10-12,14,22H,8-9H2,1-2H3/t12-,14+/m1/s1. The minimum Gasteiger partial charge on any atom is -0.479 e. The number of aliphatic hydroxyl groups excluding tert-OH is 1. The van der Waals surface area contributed by atoms with Crippen LogP contribution in [-0.2, 0) is 6.42 Å². The van der Waals surface area contributed by atoms with Crippen LogP contribution < -0.4 is 4.74 Å². The highest BCUT2D eigenvalue weighted by Crippen LogP contribution is 2.24. The van der Waals surface area contributed by atoms with E-state index in [1.807, 2.05) is 29.7 Å². The summed E-state index contributed by atoms with van der Waals surface area (Å²) in [4.78, 5) is 12.6. The van der Waals surface area contributed by atoms with Crippen molar-refractivity contribution in [3.05, 3.63) is 48.5 Å². The third-order valence-corrected chi connectivity index (χ3v) is 4.09. The van der Waals surface area contributed by atoms with Gasteiger partial charge >= 0.3 is 0 Å². The SMILES string of the molecule is COc1ncnc2c1ncn2[C@H](C)[C@@H](O)CCc1ccccc1. The number of hydrogen-bond donors (Lipinski definition) is 1. The molecule has 0 radical (unpaired) electrons. The lowest BCUT2D eigenvalue weighted by atomic mass is 10.0. The van der Waals surface area contributed by atoms with Crippen molar-refractivity contribution in [2.75, 3.05) is 7.11 Å². The smallest absolute Gasteiger partial charge is 0.245 e. The Labute approximate surface area is 134 Å². The first-order valence-corrected chi connectivity index (χ1v) is 7.64. The molecule has 0 aliphatic rings. The van der Waals surface area contributed by atoms with Crippen LogP contribution in [-0.4, -0.2) is 37.8 Å². The van der Waals surface area contributed by atoms with Gasteiger partial charge in [0.15, 0.2) is 11.2 Å². The van der Waals surface area contributed by atoms with Crippen LogP contribution in [0.5, 0.6) is 5.88 Å². The first-order chi connectivity index (χ1) is 11.2. The van der Waals surface area contributed by atoms with Crippen molar-refractivity contribution >= 4 is 11.2 Å². The van der Waals surface area contributed by atoms with Gasteiger partial charge in [-0.05, 0) is 25.3 Å². The van der Waals surface area contributed by atoms with Crippen molar-refractivity contribution in [2.24, 2.45) is 0 Å². The Hall–Kier alpha value is -2.47. The fraction of sp³-hybridized carbons (Fsp3) is 0.353. The second kappa shape index (κ2) is 6.75. The highest BCUT2D eigenvalue weighted by Gasteiger charge is 2.20. The third-order valence-electron chi connectivity index (χ3n) is 4.09. The van der Waals surface area contributed by atoms with E-state index in [0.29, 0.717) is 23.5 Å². The van der Waals surface area contributed by atoms with E-state index < -0.39 is 6.10 Å². The Bertz CT molecular complexity index is 773. The van der Waals surface area contributed by atoms with Gasteiger partial charge in [-0.15, -0.1) is 0 Å². The highest BCUT2D eigenvalue weighted by molar-refractivity contribution is 5.76. The molecule has 3 aromatic rings. The Morgan fingerprint density at radius 2 is 1.96 bits per heavy atom. The van der Waals surface area contributed by atoms with E-state index in [1.54, 1.807) is 13.4 Å². The number of rotatable bonds is 6. The van der Waals surface area contributed by atoms with Crippen molar-refractivity contribution in [2.45, 2.75) is 31.9 Å². The quantitative estimate of drug-likeness (QED) is 0.756. The average molecular weight is 312 g/mol. The Balaban J connectivity index is 1.76. The number of aryl methyl sites for hydroxylation is 1. The first-order valence-electron chi connectivity index (χ1n) is 7.64. The van der Waals surface area contributed by atoms with E-state index in [9.17, 15) is 5.11 Å². The van der Waals surface area contributed by atoms with Gasteiger partial charge in [-0.25, -0.2) is 9.97 Å². The van der Waals surface area contributed by atoms with Crippen LogP contribution in [0.4, 0.5) is 0 Å². The molecule has 1 aromatic carbocycles. The summed E-state index contributed by atoms with van der Waals surface area (Å²) >= 11 is 0. The summed E-state index contributed by atoms with van der Waals surface area (Å²) in [6.07, 6.45) is 4.14. The molecule has 3 rings (SSSR count). The molecular formula is C17H20N4O2. The van der Waals surface area contributed by atoms with Crippen LogP contribution >= 0.6 is 0 Å². The molecule has 0 fully saturated rings. The van der Waals surface area contributed by atoms with Crippen LogP contribution in [0, 0.1) is 0 Å². The molecule has 6 nitrogen and oxygen atoms in total. The fourth-order valence-electron chi connectivity index (χ4n) is 2.66. The van der Waals surface area contributed by atoms with E-state index >= 15 is 0 Å². The van der Waals surface area contributed by atoms with E-state index in [1.165, 1.54) is 11.9 Å². The molecule has 0 saturated heterocycles. The minimum absolute atomic E-state index is 0.136. The maximum Gasteiger partial charge on any atom is 0.245 e. The van der Waals surface area contributed by atoms with Gasteiger partial charge in [0.1, 0.15) is 6.33 Å². The number of benzene rings is 1. The summed E-state index contributed by atoms with van der Waals surface area (Å²) in [5.41, 5.74) is 2.50. The second-order valence-corrected chi connectivity index (χ2v) is 5.54. The van der Waals surface area contributed by atoms with Crippen LogP contribution in [0.3, 0.4) is 0 Å². The number of imidazole rings is 1. The van der Waals surface area contributed by atoms with Gasteiger partial charge in [-0.2, -0.15) is 4.98 Å². The molecule has 0 saturated carbocycles. The zero-order valence-electron chi connectivity index (χ0n) is 13.3. The molecule has 23 heavy (non-hydrogen) atoms. The molecule has 2 atom stereocenters. The highest BCUT2D eigenvalue weighted by atomic mass is 16.5. The molecule has 120 valence electrons. The largest absolute Gasteiger partial charge is 0.479 e. The predicted octanol–water partition coefficient (Wildman–Crippen LogP) is 2.39. The molecule has 0 amide bonds. The second-order valence-electron chi connectivity index (χ2n) is 5.54. The lowest BCUT2D eigenvalue weighted by molar-refractivity contribution is 0.113. The van der Waals surface area contributed by atoms with Crippen LogP contribution in [0.15, 0.2) is 43.0 Å². The van der Waals surface area contributed by atoms with Gasteiger partial charge in [-0.1, -0.05) is 30.3 Å². The van der Waals surface area contributed by atoms with Crippen molar-refractivity contribution in [3.63, 3.8) is 0 Å². The van der Waals surface area contributed by atoms with Crippen molar-refractivity contribution < 1.29 is 9.84 Å². The number of aliphatic hydroxyl groups is 1. The molecular weight excluding hydrogens is 292 g/mol. The van der Waals surface area contributed by atoms with Gasteiger partial charge < -0.3 is 14.4 Å².